The maximum Gasteiger partial charge on any atom is 0.342 e. The first-order chi connectivity index (χ1) is 11.3. The van der Waals surface area contributed by atoms with Gasteiger partial charge in [-0.15, -0.1) is 4.89 Å². The molecule has 0 aromatic carbocycles. The minimum absolute atomic E-state index is 0.0593. The van der Waals surface area contributed by atoms with Crippen molar-refractivity contribution in [1.82, 2.24) is 0 Å². The molecule has 1 atom stereocenters. The predicted octanol–water partition coefficient (Wildman–Crippen LogP) is 0.613. The molecule has 0 aromatic heterocycles. The Morgan fingerprint density at radius 1 is 0.750 bits per heavy atom. The molecule has 0 saturated carbocycles. The van der Waals surface area contributed by atoms with Crippen LogP contribution < -0.4 is 0 Å². The van der Waals surface area contributed by atoms with Crippen LogP contribution in [0.3, 0.4) is 0 Å². The summed E-state index contributed by atoms with van der Waals surface area (Å²) in [4.78, 5) is 52.1. The second kappa shape index (κ2) is 13.3. The molecule has 0 fully saturated rings. The molecule has 3 N–H and O–H groups in total. The first kappa shape index (κ1) is 21.8. The number of aliphatic carboxylic acids is 2. The van der Waals surface area contributed by atoms with Crippen LogP contribution in [0.4, 0.5) is 0 Å². The van der Waals surface area contributed by atoms with Crippen molar-refractivity contribution in [3.8, 4) is 0 Å². The van der Waals surface area contributed by atoms with Crippen LogP contribution in [-0.4, -0.2) is 52.1 Å². The summed E-state index contributed by atoms with van der Waals surface area (Å²) in [5.41, 5.74) is 0. The molecule has 0 aliphatic rings. The number of carboxylic acid groups (broad SMARTS) is 2. The van der Waals surface area contributed by atoms with Gasteiger partial charge in [0.15, 0.2) is 0 Å². The average molecular weight is 350 g/mol. The maximum atomic E-state index is 11.4. The summed E-state index contributed by atoms with van der Waals surface area (Å²) in [6.45, 7) is -0.729. The van der Waals surface area contributed by atoms with Gasteiger partial charge in [-0.2, -0.15) is 0 Å². The maximum absolute atomic E-state index is 11.4. The molecule has 10 heteroatoms. The molecular formula is C14H22O10. The van der Waals surface area contributed by atoms with Gasteiger partial charge in [-0.25, -0.2) is 4.79 Å². The van der Waals surface area contributed by atoms with Gasteiger partial charge in [0.2, 0.25) is 0 Å². The van der Waals surface area contributed by atoms with E-state index in [-0.39, 0.29) is 25.7 Å². The summed E-state index contributed by atoms with van der Waals surface area (Å²) in [6, 6.07) is 0. The van der Waals surface area contributed by atoms with Crippen molar-refractivity contribution >= 4 is 23.9 Å². The molecule has 0 spiro atoms. The molecule has 1 unspecified atom stereocenters. The highest BCUT2D eigenvalue weighted by Gasteiger charge is 2.17. The third-order valence-corrected chi connectivity index (χ3v) is 2.70. The van der Waals surface area contributed by atoms with Crippen LogP contribution in [0.5, 0.6) is 0 Å². The van der Waals surface area contributed by atoms with Crippen molar-refractivity contribution in [2.24, 2.45) is 0 Å². The topological polar surface area (TPSA) is 157 Å². The van der Waals surface area contributed by atoms with Gasteiger partial charge in [0, 0.05) is 25.7 Å². The number of carboxylic acids is 2. The van der Waals surface area contributed by atoms with E-state index in [2.05, 4.69) is 9.78 Å². The van der Waals surface area contributed by atoms with Gasteiger partial charge in [-0.05, 0) is 25.7 Å². The Labute approximate surface area is 138 Å². The largest absolute Gasteiger partial charge is 0.481 e. The van der Waals surface area contributed by atoms with Crippen molar-refractivity contribution < 1.29 is 49.0 Å². The standard InChI is InChI=1S/C14H22O10/c15-9-14(22-12(20)7-3-1-5-10(16)17)24-23-13(21)8-4-2-6-11(18)19/h14-15H,1-9H2,(H,16,17)(H,18,19). The summed E-state index contributed by atoms with van der Waals surface area (Å²) < 4.78 is 4.70. The van der Waals surface area contributed by atoms with Crippen LogP contribution in [0.15, 0.2) is 0 Å². The number of aliphatic hydroxyl groups is 1. The first-order valence-corrected chi connectivity index (χ1v) is 7.45. The Morgan fingerprint density at radius 3 is 1.67 bits per heavy atom. The number of carbonyl (C=O) groups excluding carboxylic acids is 2. The number of ether oxygens (including phenoxy) is 1. The summed E-state index contributed by atoms with van der Waals surface area (Å²) in [5.74, 6) is -3.43. The molecule has 0 aliphatic heterocycles. The van der Waals surface area contributed by atoms with E-state index in [0.29, 0.717) is 25.7 Å². The third-order valence-electron chi connectivity index (χ3n) is 2.70. The zero-order chi connectivity index (χ0) is 18.4. The van der Waals surface area contributed by atoms with E-state index in [9.17, 15) is 19.2 Å². The van der Waals surface area contributed by atoms with Gasteiger partial charge in [-0.1, -0.05) is 0 Å². The summed E-state index contributed by atoms with van der Waals surface area (Å²) in [6.07, 6.45) is -0.529. The van der Waals surface area contributed by atoms with Crippen molar-refractivity contribution in [3.63, 3.8) is 0 Å². The molecule has 0 saturated heterocycles. The fourth-order valence-electron chi connectivity index (χ4n) is 1.53. The number of unbranched alkanes of at least 4 members (excludes halogenated alkanes) is 2. The monoisotopic (exact) mass is 350 g/mol. The summed E-state index contributed by atoms with van der Waals surface area (Å²) >= 11 is 0. The summed E-state index contributed by atoms with van der Waals surface area (Å²) in [5, 5.41) is 25.8. The number of aliphatic hydroxyl groups excluding tert-OH is 1. The highest BCUT2D eigenvalue weighted by atomic mass is 17.2. The quantitative estimate of drug-likeness (QED) is 0.133. The number of hydrogen-bond acceptors (Lipinski definition) is 8. The molecule has 24 heavy (non-hydrogen) atoms. The van der Waals surface area contributed by atoms with Crippen molar-refractivity contribution in [1.29, 1.82) is 0 Å². The highest BCUT2D eigenvalue weighted by molar-refractivity contribution is 5.70. The molecule has 138 valence electrons. The highest BCUT2D eigenvalue weighted by Crippen LogP contribution is 2.06. The fraction of sp³-hybridized carbons (Fsp3) is 0.714. The predicted molar refractivity (Wildman–Crippen MR) is 76.4 cm³/mol. The Morgan fingerprint density at radius 2 is 1.21 bits per heavy atom. The van der Waals surface area contributed by atoms with Gasteiger partial charge in [0.1, 0.15) is 6.61 Å². The molecule has 0 rings (SSSR count). The molecule has 0 heterocycles. The zero-order valence-corrected chi connectivity index (χ0v) is 13.1. The smallest absolute Gasteiger partial charge is 0.342 e. The van der Waals surface area contributed by atoms with Gasteiger partial charge in [0.05, 0.1) is 0 Å². The summed E-state index contributed by atoms with van der Waals surface area (Å²) in [7, 11) is 0. The Hall–Kier alpha value is -2.20. The van der Waals surface area contributed by atoms with Gasteiger partial charge in [-0.3, -0.25) is 19.3 Å². The van der Waals surface area contributed by atoms with E-state index in [1.54, 1.807) is 0 Å². The first-order valence-electron chi connectivity index (χ1n) is 7.45. The lowest BCUT2D eigenvalue weighted by molar-refractivity contribution is -0.349. The second-order valence-corrected chi connectivity index (χ2v) is 4.86. The lowest BCUT2D eigenvalue weighted by Gasteiger charge is -2.14. The van der Waals surface area contributed by atoms with Crippen LogP contribution in [-0.2, 0) is 33.7 Å². The van der Waals surface area contributed by atoms with E-state index in [0.717, 1.165) is 0 Å². The number of esters is 1. The lowest BCUT2D eigenvalue weighted by Crippen LogP contribution is -2.26. The van der Waals surface area contributed by atoms with Crippen LogP contribution in [0.25, 0.3) is 0 Å². The van der Waals surface area contributed by atoms with E-state index < -0.39 is 36.8 Å². The minimum atomic E-state index is -1.47. The van der Waals surface area contributed by atoms with E-state index in [4.69, 9.17) is 20.1 Å². The molecule has 0 bridgehead atoms. The molecular weight excluding hydrogens is 328 g/mol. The van der Waals surface area contributed by atoms with Crippen LogP contribution in [0, 0.1) is 0 Å². The minimum Gasteiger partial charge on any atom is -0.481 e. The Balaban J connectivity index is 3.84. The van der Waals surface area contributed by atoms with Crippen molar-refractivity contribution in [2.45, 2.75) is 57.7 Å². The molecule has 0 radical (unpaired) electrons. The molecule has 0 aromatic rings. The van der Waals surface area contributed by atoms with Crippen molar-refractivity contribution in [3.05, 3.63) is 0 Å². The third kappa shape index (κ3) is 13.5. The van der Waals surface area contributed by atoms with Gasteiger partial charge >= 0.3 is 23.9 Å². The number of carbonyl (C=O) groups is 4. The lowest BCUT2D eigenvalue weighted by atomic mass is 10.2. The van der Waals surface area contributed by atoms with Crippen LogP contribution in [0.1, 0.15) is 51.4 Å². The Kier molecular flexibility index (Phi) is 12.0. The van der Waals surface area contributed by atoms with Gasteiger partial charge in [0.25, 0.3) is 6.29 Å². The van der Waals surface area contributed by atoms with Crippen molar-refractivity contribution in [2.75, 3.05) is 6.61 Å². The second-order valence-electron chi connectivity index (χ2n) is 4.86. The zero-order valence-electron chi connectivity index (χ0n) is 13.1. The SMILES string of the molecule is O=C(O)CCCCC(=O)OOC(CO)OC(=O)CCCCC(=O)O. The van der Waals surface area contributed by atoms with Gasteiger partial charge < -0.3 is 20.1 Å². The number of hydrogen-bond donors (Lipinski definition) is 3. The number of rotatable bonds is 14. The van der Waals surface area contributed by atoms with Crippen LogP contribution in [0.2, 0.25) is 0 Å². The molecule has 0 aliphatic carbocycles. The normalized spacial score (nSPS) is 11.5. The van der Waals surface area contributed by atoms with Crippen LogP contribution >= 0.6 is 0 Å². The van der Waals surface area contributed by atoms with E-state index in [1.165, 1.54) is 0 Å². The average Bonchev–Trinajstić information content (AvgIpc) is 2.51. The van der Waals surface area contributed by atoms with E-state index in [1.807, 2.05) is 0 Å². The Bertz CT molecular complexity index is 420. The van der Waals surface area contributed by atoms with E-state index >= 15 is 0 Å². The molecule has 10 nitrogen and oxygen atoms in total. The fourth-order valence-corrected chi connectivity index (χ4v) is 1.53. The molecule has 0 amide bonds.